The fourth-order valence-electron chi connectivity index (χ4n) is 3.65. The molecule has 156 valence electrons. The number of esters is 1. The van der Waals surface area contributed by atoms with Crippen molar-refractivity contribution in [1.82, 2.24) is 20.2 Å². The summed E-state index contributed by atoms with van der Waals surface area (Å²) in [7, 11) is 1.35. The molecule has 3 rings (SSSR count). The van der Waals surface area contributed by atoms with Gasteiger partial charge in [0.15, 0.2) is 0 Å². The molecule has 2 N–H and O–H groups in total. The Balaban J connectivity index is 2.35. The summed E-state index contributed by atoms with van der Waals surface area (Å²) in [4.78, 5) is 12.7. The smallest absolute Gasteiger partial charge is 0.338 e. The van der Waals surface area contributed by atoms with Crippen LogP contribution >= 0.6 is 0 Å². The molecule has 0 aliphatic carbocycles. The molecule has 0 saturated carbocycles. The van der Waals surface area contributed by atoms with Gasteiger partial charge in [0, 0.05) is 5.70 Å². The molecule has 0 radical (unpaired) electrons. The molecule has 1 aliphatic rings. The normalized spacial score (nSPS) is 17.0. The monoisotopic (exact) mass is 399 g/mol. The second-order valence-corrected chi connectivity index (χ2v) is 9.47. The SMILES string of the molecule is COC(=O)C1=C(C)Nc2nnnn2[C@H]1c1cc(C(C)(C)C)c(O)c(C(C)(C)C)c1. The van der Waals surface area contributed by atoms with Gasteiger partial charge in [-0.05, 0) is 57.0 Å². The maximum atomic E-state index is 12.7. The molecule has 2 aromatic rings. The highest BCUT2D eigenvalue weighted by Gasteiger charge is 2.37. The Kier molecular flexibility index (Phi) is 4.93. The zero-order valence-corrected chi connectivity index (χ0v) is 18.3. The van der Waals surface area contributed by atoms with E-state index in [2.05, 4.69) is 20.8 Å². The number of aromatic nitrogens is 4. The molecular formula is C21H29N5O3. The number of hydrogen-bond acceptors (Lipinski definition) is 7. The fourth-order valence-corrected chi connectivity index (χ4v) is 3.65. The van der Waals surface area contributed by atoms with Gasteiger partial charge >= 0.3 is 5.97 Å². The van der Waals surface area contributed by atoms with Crippen molar-refractivity contribution in [3.63, 3.8) is 0 Å². The number of ether oxygens (including phenoxy) is 1. The Morgan fingerprint density at radius 3 is 2.17 bits per heavy atom. The van der Waals surface area contributed by atoms with Crippen molar-refractivity contribution in [2.24, 2.45) is 0 Å². The second-order valence-electron chi connectivity index (χ2n) is 9.47. The summed E-state index contributed by atoms with van der Waals surface area (Å²) in [5.74, 6) is 0.270. The van der Waals surface area contributed by atoms with Crippen LogP contribution in [0.25, 0.3) is 0 Å². The van der Waals surface area contributed by atoms with Gasteiger partial charge in [-0.25, -0.2) is 4.79 Å². The van der Waals surface area contributed by atoms with Crippen LogP contribution in [0.5, 0.6) is 5.75 Å². The molecule has 29 heavy (non-hydrogen) atoms. The van der Waals surface area contributed by atoms with E-state index in [0.29, 0.717) is 17.2 Å². The van der Waals surface area contributed by atoms with Gasteiger partial charge in [-0.3, -0.25) is 0 Å². The number of aromatic hydroxyl groups is 1. The first-order valence-corrected chi connectivity index (χ1v) is 9.58. The number of methoxy groups -OCH3 is 1. The van der Waals surface area contributed by atoms with E-state index in [1.165, 1.54) is 7.11 Å². The van der Waals surface area contributed by atoms with Crippen LogP contribution in [0.1, 0.15) is 71.2 Å². The lowest BCUT2D eigenvalue weighted by atomic mass is 9.77. The van der Waals surface area contributed by atoms with E-state index in [4.69, 9.17) is 4.74 Å². The first kappa shape index (κ1) is 20.8. The molecule has 2 heterocycles. The van der Waals surface area contributed by atoms with Crippen LogP contribution in [0.4, 0.5) is 5.95 Å². The van der Waals surface area contributed by atoms with Crippen LogP contribution in [0.15, 0.2) is 23.4 Å². The number of rotatable bonds is 2. The van der Waals surface area contributed by atoms with Crippen LogP contribution in [0.3, 0.4) is 0 Å². The molecule has 0 amide bonds. The van der Waals surface area contributed by atoms with Crippen molar-refractivity contribution in [3.05, 3.63) is 40.1 Å². The fraction of sp³-hybridized carbons (Fsp3) is 0.524. The average molecular weight is 399 g/mol. The first-order chi connectivity index (χ1) is 13.4. The lowest BCUT2D eigenvalue weighted by molar-refractivity contribution is -0.136. The van der Waals surface area contributed by atoms with Crippen molar-refractivity contribution < 1.29 is 14.6 Å². The lowest BCUT2D eigenvalue weighted by Crippen LogP contribution is -2.30. The first-order valence-electron chi connectivity index (χ1n) is 9.58. The van der Waals surface area contributed by atoms with E-state index in [0.717, 1.165) is 16.7 Å². The molecule has 1 aliphatic heterocycles. The largest absolute Gasteiger partial charge is 0.507 e. The van der Waals surface area contributed by atoms with Gasteiger partial charge in [0.1, 0.15) is 11.8 Å². The summed E-state index contributed by atoms with van der Waals surface area (Å²) in [6, 6.07) is 3.29. The third kappa shape index (κ3) is 3.59. The van der Waals surface area contributed by atoms with Crippen molar-refractivity contribution in [1.29, 1.82) is 0 Å². The molecule has 1 aromatic heterocycles. The van der Waals surface area contributed by atoms with Crippen LogP contribution < -0.4 is 5.32 Å². The number of carbonyl (C=O) groups is 1. The zero-order valence-electron chi connectivity index (χ0n) is 18.3. The Hall–Kier alpha value is -2.90. The number of fused-ring (bicyclic) bond motifs is 1. The molecule has 0 unspecified atom stereocenters. The average Bonchev–Trinajstić information content (AvgIpc) is 3.06. The highest BCUT2D eigenvalue weighted by atomic mass is 16.5. The molecule has 0 saturated heterocycles. The van der Waals surface area contributed by atoms with Gasteiger partial charge in [0.25, 0.3) is 0 Å². The Morgan fingerprint density at radius 2 is 1.69 bits per heavy atom. The topological polar surface area (TPSA) is 102 Å². The van der Waals surface area contributed by atoms with Gasteiger partial charge in [-0.2, -0.15) is 4.68 Å². The Morgan fingerprint density at radius 1 is 1.14 bits per heavy atom. The standard InChI is InChI=1S/C21H29N5O3/c1-11-15(18(28)29-8)16(26-19(22-11)23-24-25-26)12-9-13(20(2,3)4)17(27)14(10-12)21(5,6)7/h9-10,16,27H,1-8H3,(H,22,23,25)/t16-/m0/s1. The molecule has 0 spiro atoms. The number of allylic oxidation sites excluding steroid dienone is 1. The molecule has 1 atom stereocenters. The van der Waals surface area contributed by atoms with Crippen LogP contribution in [-0.4, -0.2) is 38.4 Å². The number of anilines is 1. The molecule has 0 fully saturated rings. The minimum Gasteiger partial charge on any atom is -0.507 e. The lowest BCUT2D eigenvalue weighted by Gasteiger charge is -2.32. The minimum absolute atomic E-state index is 0.278. The maximum Gasteiger partial charge on any atom is 0.338 e. The number of tetrazole rings is 1. The van der Waals surface area contributed by atoms with Gasteiger partial charge in [0.2, 0.25) is 5.95 Å². The highest BCUT2D eigenvalue weighted by Crippen LogP contribution is 2.43. The number of benzene rings is 1. The van der Waals surface area contributed by atoms with Crippen molar-refractivity contribution in [2.75, 3.05) is 12.4 Å². The number of hydrogen-bond donors (Lipinski definition) is 2. The predicted octanol–water partition coefficient (Wildman–Crippen LogP) is 3.44. The molecule has 0 bridgehead atoms. The number of nitrogens with one attached hydrogen (secondary N) is 1. The van der Waals surface area contributed by atoms with E-state index >= 15 is 0 Å². The molecule has 8 nitrogen and oxygen atoms in total. The van der Waals surface area contributed by atoms with Crippen molar-refractivity contribution >= 4 is 11.9 Å². The number of nitrogens with zero attached hydrogens (tertiary/aromatic N) is 4. The number of phenolic OH excluding ortho intramolecular Hbond substituents is 1. The van der Waals surface area contributed by atoms with E-state index in [-0.39, 0.29) is 16.6 Å². The molecule has 1 aromatic carbocycles. The van der Waals surface area contributed by atoms with E-state index in [9.17, 15) is 9.90 Å². The van der Waals surface area contributed by atoms with Gasteiger partial charge in [-0.15, -0.1) is 0 Å². The summed E-state index contributed by atoms with van der Waals surface area (Å²) >= 11 is 0. The van der Waals surface area contributed by atoms with E-state index in [1.807, 2.05) is 53.7 Å². The van der Waals surface area contributed by atoms with Crippen LogP contribution in [0.2, 0.25) is 0 Å². The quantitative estimate of drug-likeness (QED) is 0.746. The number of carbonyl (C=O) groups excluding carboxylic acids is 1. The van der Waals surface area contributed by atoms with E-state index < -0.39 is 12.0 Å². The Bertz CT molecular complexity index is 957. The zero-order chi connectivity index (χ0) is 21.7. The van der Waals surface area contributed by atoms with Crippen molar-refractivity contribution in [3.8, 4) is 5.75 Å². The summed E-state index contributed by atoms with van der Waals surface area (Å²) in [5, 5.41) is 26.0. The summed E-state index contributed by atoms with van der Waals surface area (Å²) in [6.07, 6.45) is 0. The predicted molar refractivity (Wildman–Crippen MR) is 110 cm³/mol. The van der Waals surface area contributed by atoms with E-state index in [1.54, 1.807) is 11.6 Å². The summed E-state index contributed by atoms with van der Waals surface area (Å²) in [6.45, 7) is 14.1. The minimum atomic E-state index is -0.573. The third-order valence-corrected chi connectivity index (χ3v) is 5.18. The molecule has 8 heteroatoms. The second kappa shape index (κ2) is 6.86. The third-order valence-electron chi connectivity index (χ3n) is 5.18. The van der Waals surface area contributed by atoms with Gasteiger partial charge in [0.05, 0.1) is 12.7 Å². The number of phenols is 1. The highest BCUT2D eigenvalue weighted by molar-refractivity contribution is 5.92. The maximum absolute atomic E-state index is 12.7. The van der Waals surface area contributed by atoms with Crippen LogP contribution in [-0.2, 0) is 20.4 Å². The summed E-state index contributed by atoms with van der Waals surface area (Å²) in [5.41, 5.74) is 2.86. The van der Waals surface area contributed by atoms with Crippen LogP contribution in [0, 0.1) is 0 Å². The summed E-state index contributed by atoms with van der Waals surface area (Å²) < 4.78 is 6.63. The molecular weight excluding hydrogens is 370 g/mol. The van der Waals surface area contributed by atoms with Gasteiger partial charge < -0.3 is 15.2 Å². The Labute approximate surface area is 171 Å². The van der Waals surface area contributed by atoms with Crippen molar-refractivity contribution in [2.45, 2.75) is 65.3 Å². The van der Waals surface area contributed by atoms with Gasteiger partial charge in [-0.1, -0.05) is 46.6 Å².